The van der Waals surface area contributed by atoms with E-state index in [2.05, 4.69) is 4.72 Å². The van der Waals surface area contributed by atoms with Crippen LogP contribution >= 0.6 is 0 Å². The molecule has 2 rings (SSSR count). The molecule has 1 aliphatic rings. The molecule has 0 aromatic heterocycles. The molecule has 1 aliphatic carbocycles. The number of rotatable bonds is 4. The molecule has 6 nitrogen and oxygen atoms in total. The first-order valence-corrected chi connectivity index (χ1v) is 6.97. The molecule has 0 spiro atoms. The fourth-order valence-corrected chi connectivity index (χ4v) is 3.03. The average molecular weight is 270 g/mol. The van der Waals surface area contributed by atoms with E-state index in [1.165, 1.54) is 24.3 Å². The summed E-state index contributed by atoms with van der Waals surface area (Å²) in [6.45, 7) is 0. The first-order valence-electron chi connectivity index (χ1n) is 5.49. The van der Waals surface area contributed by atoms with Crippen molar-refractivity contribution in [1.82, 2.24) is 4.72 Å². The highest BCUT2D eigenvalue weighted by Gasteiger charge is 2.31. The van der Waals surface area contributed by atoms with Gasteiger partial charge in [-0.2, -0.15) is 0 Å². The van der Waals surface area contributed by atoms with Gasteiger partial charge >= 0.3 is 0 Å². The van der Waals surface area contributed by atoms with Crippen LogP contribution in [0.3, 0.4) is 0 Å². The van der Waals surface area contributed by atoms with Crippen molar-refractivity contribution in [3.05, 3.63) is 29.8 Å². The second kappa shape index (κ2) is 4.68. The largest absolute Gasteiger partial charge is 0.393 e. The Morgan fingerprint density at radius 1 is 1.28 bits per heavy atom. The Morgan fingerprint density at radius 2 is 1.83 bits per heavy atom. The van der Waals surface area contributed by atoms with Crippen molar-refractivity contribution >= 4 is 15.9 Å². The Labute approximate surface area is 105 Å². The van der Waals surface area contributed by atoms with Crippen LogP contribution < -0.4 is 10.5 Å². The topological polar surface area (TPSA) is 109 Å². The molecule has 4 N–H and O–H groups in total. The highest BCUT2D eigenvalue weighted by atomic mass is 32.2. The Kier molecular flexibility index (Phi) is 3.38. The van der Waals surface area contributed by atoms with Crippen molar-refractivity contribution in [2.45, 2.75) is 29.9 Å². The van der Waals surface area contributed by atoms with Gasteiger partial charge in [-0.25, -0.2) is 13.1 Å². The summed E-state index contributed by atoms with van der Waals surface area (Å²) in [5.74, 6) is -0.603. The van der Waals surface area contributed by atoms with E-state index in [4.69, 9.17) is 10.8 Å². The number of hydrogen-bond acceptors (Lipinski definition) is 4. The number of nitrogens with two attached hydrogens (primary N) is 1. The lowest BCUT2D eigenvalue weighted by molar-refractivity contribution is 0.0712. The summed E-state index contributed by atoms with van der Waals surface area (Å²) < 4.78 is 26.3. The maximum Gasteiger partial charge on any atom is 0.248 e. The second-order valence-electron chi connectivity index (χ2n) is 4.33. The van der Waals surface area contributed by atoms with Crippen LogP contribution in [0.25, 0.3) is 0 Å². The normalized spacial score (nSPS) is 23.4. The number of nitrogens with one attached hydrogen (secondary N) is 1. The van der Waals surface area contributed by atoms with Crippen LogP contribution in [0.1, 0.15) is 23.2 Å². The zero-order valence-corrected chi connectivity index (χ0v) is 10.4. The maximum atomic E-state index is 11.9. The Balaban J connectivity index is 2.12. The standard InChI is InChI=1S/C11H14N2O4S/c12-11(15)7-1-3-10(4-2-7)18(16,17)13-8-5-9(14)6-8/h1-4,8-9,13-14H,5-6H2,(H2,12,15). The molecule has 0 radical (unpaired) electrons. The molecule has 0 bridgehead atoms. The predicted octanol–water partition coefficient (Wildman–Crippen LogP) is -0.413. The Morgan fingerprint density at radius 3 is 2.28 bits per heavy atom. The van der Waals surface area contributed by atoms with Crippen LogP contribution in [0.15, 0.2) is 29.2 Å². The average Bonchev–Trinajstić information content (AvgIpc) is 2.27. The van der Waals surface area contributed by atoms with E-state index in [-0.39, 0.29) is 16.5 Å². The summed E-state index contributed by atoms with van der Waals surface area (Å²) in [5, 5.41) is 9.10. The number of hydrogen-bond donors (Lipinski definition) is 3. The first-order chi connectivity index (χ1) is 8.38. The molecular weight excluding hydrogens is 256 g/mol. The minimum atomic E-state index is -3.60. The smallest absolute Gasteiger partial charge is 0.248 e. The summed E-state index contributed by atoms with van der Waals surface area (Å²) >= 11 is 0. The van der Waals surface area contributed by atoms with E-state index in [1.54, 1.807) is 0 Å². The zero-order chi connectivity index (χ0) is 13.3. The molecule has 0 saturated heterocycles. The maximum absolute atomic E-state index is 11.9. The summed E-state index contributed by atoms with van der Waals surface area (Å²) in [4.78, 5) is 10.9. The van der Waals surface area contributed by atoms with Crippen molar-refractivity contribution in [1.29, 1.82) is 0 Å². The van der Waals surface area contributed by atoms with Crippen LogP contribution in [0.2, 0.25) is 0 Å². The summed E-state index contributed by atoms with van der Waals surface area (Å²) in [6, 6.07) is 5.18. The lowest BCUT2D eigenvalue weighted by Gasteiger charge is -2.31. The third-order valence-electron chi connectivity index (χ3n) is 2.88. The van der Waals surface area contributed by atoms with Crippen molar-refractivity contribution in [3.8, 4) is 0 Å². The van der Waals surface area contributed by atoms with Gasteiger partial charge in [-0.1, -0.05) is 0 Å². The molecule has 1 saturated carbocycles. The third kappa shape index (κ3) is 2.69. The van der Waals surface area contributed by atoms with E-state index >= 15 is 0 Å². The fraction of sp³-hybridized carbons (Fsp3) is 0.364. The molecule has 7 heteroatoms. The lowest BCUT2D eigenvalue weighted by atomic mass is 9.91. The SMILES string of the molecule is NC(=O)c1ccc(S(=O)(=O)NC2CC(O)C2)cc1. The van der Waals surface area contributed by atoms with Gasteiger partial charge in [-0.15, -0.1) is 0 Å². The molecule has 1 fully saturated rings. The third-order valence-corrected chi connectivity index (χ3v) is 4.42. The number of aliphatic hydroxyl groups excluding tert-OH is 1. The van der Waals surface area contributed by atoms with Crippen molar-refractivity contribution in [2.24, 2.45) is 5.73 Å². The quantitative estimate of drug-likeness (QED) is 0.690. The number of amides is 1. The van der Waals surface area contributed by atoms with Gasteiger partial charge in [0.15, 0.2) is 0 Å². The van der Waals surface area contributed by atoms with Crippen LogP contribution in [0, 0.1) is 0 Å². The van der Waals surface area contributed by atoms with Crippen LogP contribution in [0.5, 0.6) is 0 Å². The van der Waals surface area contributed by atoms with Gasteiger partial charge in [0.05, 0.1) is 11.0 Å². The molecule has 0 heterocycles. The monoisotopic (exact) mass is 270 g/mol. The van der Waals surface area contributed by atoms with Crippen molar-refractivity contribution in [2.75, 3.05) is 0 Å². The van der Waals surface area contributed by atoms with E-state index in [1.807, 2.05) is 0 Å². The molecular formula is C11H14N2O4S. The minimum Gasteiger partial charge on any atom is -0.393 e. The van der Waals surface area contributed by atoms with E-state index in [0.717, 1.165) is 0 Å². The van der Waals surface area contributed by atoms with Crippen LogP contribution in [0.4, 0.5) is 0 Å². The number of carbonyl (C=O) groups is 1. The second-order valence-corrected chi connectivity index (χ2v) is 6.05. The Bertz CT molecular complexity index is 547. The lowest BCUT2D eigenvalue weighted by Crippen LogP contribution is -2.46. The van der Waals surface area contributed by atoms with Gasteiger partial charge in [0, 0.05) is 11.6 Å². The fourth-order valence-electron chi connectivity index (χ4n) is 1.77. The predicted molar refractivity (Wildman–Crippen MR) is 64.3 cm³/mol. The minimum absolute atomic E-state index is 0.0777. The van der Waals surface area contributed by atoms with E-state index < -0.39 is 22.0 Å². The highest BCUT2D eigenvalue weighted by Crippen LogP contribution is 2.22. The molecule has 1 aromatic carbocycles. The number of aliphatic hydroxyl groups is 1. The molecule has 18 heavy (non-hydrogen) atoms. The van der Waals surface area contributed by atoms with Crippen molar-refractivity contribution < 1.29 is 18.3 Å². The van der Waals surface area contributed by atoms with Crippen molar-refractivity contribution in [3.63, 3.8) is 0 Å². The molecule has 0 atom stereocenters. The van der Waals surface area contributed by atoms with Gasteiger partial charge in [0.25, 0.3) is 0 Å². The first kappa shape index (κ1) is 13.0. The van der Waals surface area contributed by atoms with E-state index in [9.17, 15) is 13.2 Å². The zero-order valence-electron chi connectivity index (χ0n) is 9.54. The summed E-state index contributed by atoms with van der Waals surface area (Å²) in [5.41, 5.74) is 5.33. The van der Waals surface area contributed by atoms with Gasteiger partial charge < -0.3 is 10.8 Å². The number of carbonyl (C=O) groups excluding carboxylic acids is 1. The summed E-state index contributed by atoms with van der Waals surface area (Å²) in [6.07, 6.45) is 0.437. The number of primary amides is 1. The highest BCUT2D eigenvalue weighted by molar-refractivity contribution is 7.89. The van der Waals surface area contributed by atoms with Gasteiger partial charge in [0.1, 0.15) is 0 Å². The molecule has 98 valence electrons. The van der Waals surface area contributed by atoms with Gasteiger partial charge in [-0.3, -0.25) is 4.79 Å². The number of sulfonamides is 1. The van der Waals surface area contributed by atoms with Crippen LogP contribution in [-0.4, -0.2) is 31.6 Å². The molecule has 1 amide bonds. The van der Waals surface area contributed by atoms with Gasteiger partial charge in [-0.05, 0) is 37.1 Å². The van der Waals surface area contributed by atoms with Crippen LogP contribution in [-0.2, 0) is 10.0 Å². The Hall–Kier alpha value is -1.44. The summed E-state index contributed by atoms with van der Waals surface area (Å²) in [7, 11) is -3.60. The molecule has 0 aliphatic heterocycles. The molecule has 1 aromatic rings. The number of benzene rings is 1. The van der Waals surface area contributed by atoms with E-state index in [0.29, 0.717) is 12.8 Å². The van der Waals surface area contributed by atoms with Gasteiger partial charge in [0.2, 0.25) is 15.9 Å². The molecule has 0 unspecified atom stereocenters.